The first-order valence-electron chi connectivity index (χ1n) is 7.95. The lowest BCUT2D eigenvalue weighted by atomic mass is 10.1. The molecule has 0 fully saturated rings. The van der Waals surface area contributed by atoms with Gasteiger partial charge in [0.1, 0.15) is 11.6 Å². The first-order valence-corrected chi connectivity index (χ1v) is 7.95. The van der Waals surface area contributed by atoms with Gasteiger partial charge >= 0.3 is 6.18 Å². The van der Waals surface area contributed by atoms with Gasteiger partial charge in [-0.2, -0.15) is 13.2 Å². The molecule has 9 heteroatoms. The Kier molecular flexibility index (Phi) is 8.80. The van der Waals surface area contributed by atoms with Crippen LogP contribution in [0.4, 0.5) is 17.6 Å². The van der Waals surface area contributed by atoms with Crippen LogP contribution in [0.25, 0.3) is 0 Å². The molecule has 0 radical (unpaired) electrons. The number of nitrogens with one attached hydrogen (secondary N) is 2. The fraction of sp³-hybridized carbons (Fsp3) is 0.278. The quantitative estimate of drug-likeness (QED) is 0.248. The minimum atomic E-state index is -4.64. The third kappa shape index (κ3) is 7.24. The van der Waals surface area contributed by atoms with Crippen molar-refractivity contribution in [3.8, 4) is 5.75 Å². The molecular formula is C18H20F4IN3O. The molecule has 0 amide bonds. The third-order valence-electron chi connectivity index (χ3n) is 3.50. The smallest absolute Gasteiger partial charge is 0.416 e. The highest BCUT2D eigenvalue weighted by molar-refractivity contribution is 14.0. The van der Waals surface area contributed by atoms with Crippen molar-refractivity contribution in [2.75, 3.05) is 6.54 Å². The van der Waals surface area contributed by atoms with Gasteiger partial charge in [-0.25, -0.2) is 9.38 Å². The Morgan fingerprint density at radius 3 is 2.48 bits per heavy atom. The van der Waals surface area contributed by atoms with Gasteiger partial charge in [0.2, 0.25) is 0 Å². The number of phenols is 1. The van der Waals surface area contributed by atoms with Gasteiger partial charge in [-0.15, -0.1) is 24.0 Å². The van der Waals surface area contributed by atoms with E-state index in [0.29, 0.717) is 18.6 Å². The van der Waals surface area contributed by atoms with E-state index in [1.807, 2.05) is 6.92 Å². The number of halogens is 5. The van der Waals surface area contributed by atoms with Gasteiger partial charge < -0.3 is 15.7 Å². The van der Waals surface area contributed by atoms with Crippen molar-refractivity contribution in [2.24, 2.45) is 4.99 Å². The summed E-state index contributed by atoms with van der Waals surface area (Å²) in [4.78, 5) is 4.28. The number of hydrogen-bond donors (Lipinski definition) is 3. The van der Waals surface area contributed by atoms with Gasteiger partial charge in [-0.1, -0.05) is 18.2 Å². The fourth-order valence-electron chi connectivity index (χ4n) is 2.31. The summed E-state index contributed by atoms with van der Waals surface area (Å²) < 4.78 is 52.3. The Balaban J connectivity index is 0.00000364. The summed E-state index contributed by atoms with van der Waals surface area (Å²) in [6.07, 6.45) is -4.64. The minimum Gasteiger partial charge on any atom is -0.508 e. The molecule has 0 aliphatic carbocycles. The molecule has 0 bridgehead atoms. The first kappa shape index (κ1) is 23.0. The monoisotopic (exact) mass is 497 g/mol. The van der Waals surface area contributed by atoms with E-state index in [4.69, 9.17) is 0 Å². The average molecular weight is 497 g/mol. The molecule has 0 atom stereocenters. The Morgan fingerprint density at radius 1 is 1.11 bits per heavy atom. The van der Waals surface area contributed by atoms with Crippen molar-refractivity contribution < 1.29 is 22.7 Å². The Labute approximate surface area is 171 Å². The number of rotatable bonds is 5. The van der Waals surface area contributed by atoms with Crippen molar-refractivity contribution in [1.82, 2.24) is 10.6 Å². The van der Waals surface area contributed by atoms with Crippen molar-refractivity contribution in [3.05, 3.63) is 65.0 Å². The van der Waals surface area contributed by atoms with Crippen LogP contribution in [0.1, 0.15) is 23.6 Å². The molecule has 0 saturated heterocycles. The average Bonchev–Trinajstić information content (AvgIpc) is 2.57. The summed E-state index contributed by atoms with van der Waals surface area (Å²) in [7, 11) is 0. The number of aliphatic imine (C=N–C) groups is 1. The molecule has 0 aliphatic rings. The molecule has 0 aliphatic heterocycles. The zero-order chi connectivity index (χ0) is 19.2. The summed E-state index contributed by atoms with van der Waals surface area (Å²) >= 11 is 0. The molecule has 0 unspecified atom stereocenters. The summed E-state index contributed by atoms with van der Waals surface area (Å²) in [5, 5.41) is 15.2. The topological polar surface area (TPSA) is 56.7 Å². The van der Waals surface area contributed by atoms with Crippen molar-refractivity contribution in [1.29, 1.82) is 0 Å². The first-order chi connectivity index (χ1) is 12.3. The van der Waals surface area contributed by atoms with E-state index in [1.165, 1.54) is 6.07 Å². The predicted molar refractivity (Wildman–Crippen MR) is 107 cm³/mol. The van der Waals surface area contributed by atoms with Crippen LogP contribution in [0.3, 0.4) is 0 Å². The number of nitrogens with zero attached hydrogens (tertiary/aromatic N) is 1. The number of benzene rings is 2. The summed E-state index contributed by atoms with van der Waals surface area (Å²) in [6.45, 7) is 2.41. The predicted octanol–water partition coefficient (Wildman–Crippen LogP) is 4.42. The van der Waals surface area contributed by atoms with E-state index in [1.54, 1.807) is 18.2 Å². The van der Waals surface area contributed by atoms with E-state index in [9.17, 15) is 22.7 Å². The Bertz CT molecular complexity index is 781. The SMILES string of the molecule is CCNC(=NCc1cccc(O)c1)NCc1ccc(F)cc1C(F)(F)F.I. The van der Waals surface area contributed by atoms with Crippen molar-refractivity contribution in [3.63, 3.8) is 0 Å². The molecule has 2 aromatic rings. The number of hydrogen-bond acceptors (Lipinski definition) is 2. The zero-order valence-corrected chi connectivity index (χ0v) is 16.8. The van der Waals surface area contributed by atoms with Gasteiger partial charge in [0.25, 0.3) is 0 Å². The highest BCUT2D eigenvalue weighted by atomic mass is 127. The van der Waals surface area contributed by atoms with Crippen LogP contribution in [0.15, 0.2) is 47.5 Å². The van der Waals surface area contributed by atoms with Gasteiger partial charge in [0.05, 0.1) is 12.1 Å². The molecule has 148 valence electrons. The second kappa shape index (κ2) is 10.3. The molecule has 4 nitrogen and oxygen atoms in total. The molecule has 2 rings (SSSR count). The maximum absolute atomic E-state index is 13.2. The van der Waals surface area contributed by atoms with Crippen LogP contribution in [0.5, 0.6) is 5.75 Å². The van der Waals surface area contributed by atoms with Crippen LogP contribution >= 0.6 is 24.0 Å². The van der Waals surface area contributed by atoms with Crippen LogP contribution in [0.2, 0.25) is 0 Å². The second-order valence-corrected chi connectivity index (χ2v) is 5.52. The lowest BCUT2D eigenvalue weighted by Gasteiger charge is -2.16. The summed E-state index contributed by atoms with van der Waals surface area (Å²) in [5.74, 6) is -0.518. The van der Waals surface area contributed by atoms with E-state index < -0.39 is 17.6 Å². The Morgan fingerprint density at radius 2 is 1.85 bits per heavy atom. The highest BCUT2D eigenvalue weighted by Crippen LogP contribution is 2.32. The summed E-state index contributed by atoms with van der Waals surface area (Å²) in [6, 6.07) is 9.10. The lowest BCUT2D eigenvalue weighted by Crippen LogP contribution is -2.37. The normalized spacial score (nSPS) is 11.7. The van der Waals surface area contributed by atoms with E-state index in [2.05, 4.69) is 15.6 Å². The number of aromatic hydroxyl groups is 1. The maximum atomic E-state index is 13.2. The van der Waals surface area contributed by atoms with E-state index in [0.717, 1.165) is 17.7 Å². The van der Waals surface area contributed by atoms with Crippen LogP contribution in [0, 0.1) is 5.82 Å². The molecule has 0 saturated carbocycles. The molecular weight excluding hydrogens is 477 g/mol. The van der Waals surface area contributed by atoms with Crippen molar-refractivity contribution >= 4 is 29.9 Å². The van der Waals surface area contributed by atoms with Gasteiger partial charge in [0, 0.05) is 13.1 Å². The van der Waals surface area contributed by atoms with Gasteiger partial charge in [-0.05, 0) is 42.3 Å². The van der Waals surface area contributed by atoms with Crippen LogP contribution in [-0.2, 0) is 19.3 Å². The molecule has 0 spiro atoms. The molecule has 0 aromatic heterocycles. The van der Waals surface area contributed by atoms with Gasteiger partial charge in [0.15, 0.2) is 5.96 Å². The molecule has 27 heavy (non-hydrogen) atoms. The van der Waals surface area contributed by atoms with Gasteiger partial charge in [-0.3, -0.25) is 0 Å². The van der Waals surface area contributed by atoms with Crippen molar-refractivity contribution in [2.45, 2.75) is 26.2 Å². The number of alkyl halides is 3. The molecule has 2 aromatic carbocycles. The molecule has 3 N–H and O–H groups in total. The fourth-order valence-corrected chi connectivity index (χ4v) is 2.31. The van der Waals surface area contributed by atoms with Crippen LogP contribution in [-0.4, -0.2) is 17.6 Å². The lowest BCUT2D eigenvalue weighted by molar-refractivity contribution is -0.138. The van der Waals surface area contributed by atoms with E-state index >= 15 is 0 Å². The largest absolute Gasteiger partial charge is 0.508 e. The minimum absolute atomic E-state index is 0. The number of guanidine groups is 1. The van der Waals surface area contributed by atoms with E-state index in [-0.39, 0.29) is 48.4 Å². The summed E-state index contributed by atoms with van der Waals surface area (Å²) in [5.41, 5.74) is -0.351. The zero-order valence-electron chi connectivity index (χ0n) is 14.5. The maximum Gasteiger partial charge on any atom is 0.416 e. The Hall–Kier alpha value is -2.04. The molecule has 0 heterocycles. The van der Waals surface area contributed by atoms with Crippen LogP contribution < -0.4 is 10.6 Å². The third-order valence-corrected chi connectivity index (χ3v) is 3.50. The number of phenolic OH excluding ortho intramolecular Hbond substituents is 1. The standard InChI is InChI=1S/C18H19F4N3O.HI/c1-2-23-17(24-10-12-4-3-5-15(26)8-12)25-11-13-6-7-14(19)9-16(13)18(20,21)22;/h3-9,26H,2,10-11H2,1H3,(H2,23,24,25);1H. The second-order valence-electron chi connectivity index (χ2n) is 5.52. The highest BCUT2D eigenvalue weighted by Gasteiger charge is 2.33.